The van der Waals surface area contributed by atoms with Gasteiger partial charge in [-0.15, -0.1) is 0 Å². The second kappa shape index (κ2) is 7.86. The third-order valence-electron chi connectivity index (χ3n) is 5.86. The van der Waals surface area contributed by atoms with Gasteiger partial charge in [-0.2, -0.15) is 5.01 Å². The van der Waals surface area contributed by atoms with E-state index in [4.69, 9.17) is 4.42 Å². The fraction of sp³-hybridized carbons (Fsp3) is 0.579. The van der Waals surface area contributed by atoms with Crippen LogP contribution in [0.5, 0.6) is 0 Å². The number of rotatable bonds is 4. The van der Waals surface area contributed by atoms with Crippen LogP contribution in [0.4, 0.5) is 4.79 Å². The molecule has 1 aliphatic carbocycles. The van der Waals surface area contributed by atoms with E-state index in [9.17, 15) is 19.2 Å². The average molecular weight is 403 g/mol. The minimum absolute atomic E-state index is 0.0485. The Morgan fingerprint density at radius 3 is 2.48 bits per heavy atom. The highest BCUT2D eigenvalue weighted by molar-refractivity contribution is 6.08. The second-order valence-corrected chi connectivity index (χ2v) is 7.79. The Kier molecular flexibility index (Phi) is 5.27. The first-order valence-electron chi connectivity index (χ1n) is 10.00. The fourth-order valence-corrected chi connectivity index (χ4v) is 4.24. The molecule has 1 aromatic heterocycles. The van der Waals surface area contributed by atoms with Crippen molar-refractivity contribution in [2.45, 2.75) is 37.6 Å². The number of furan rings is 1. The summed E-state index contributed by atoms with van der Waals surface area (Å²) in [5, 5.41) is 3.59. The number of hydrazine groups is 1. The molecule has 3 heterocycles. The number of urea groups is 1. The Hall–Kier alpha value is -2.88. The summed E-state index contributed by atoms with van der Waals surface area (Å²) in [6, 6.07) is 2.72. The van der Waals surface area contributed by atoms with Gasteiger partial charge in [-0.1, -0.05) is 19.3 Å². The summed E-state index contributed by atoms with van der Waals surface area (Å²) in [4.78, 5) is 53.2. The van der Waals surface area contributed by atoms with Crippen molar-refractivity contribution in [2.75, 3.05) is 32.7 Å². The smallest absolute Gasteiger partial charge is 0.344 e. The zero-order valence-electron chi connectivity index (χ0n) is 16.2. The van der Waals surface area contributed by atoms with E-state index in [1.807, 2.05) is 4.90 Å². The van der Waals surface area contributed by atoms with Crippen LogP contribution in [-0.2, 0) is 9.59 Å². The summed E-state index contributed by atoms with van der Waals surface area (Å²) in [7, 11) is 0. The van der Waals surface area contributed by atoms with E-state index in [2.05, 4.69) is 10.7 Å². The molecule has 1 spiro atoms. The molecule has 3 fully saturated rings. The lowest BCUT2D eigenvalue weighted by Gasteiger charge is -2.34. The number of carbonyl (C=O) groups is 4. The van der Waals surface area contributed by atoms with Crippen LogP contribution in [0.15, 0.2) is 22.8 Å². The maximum Gasteiger partial charge on any atom is 0.344 e. The molecule has 0 bridgehead atoms. The van der Waals surface area contributed by atoms with Gasteiger partial charge in [0.25, 0.3) is 17.7 Å². The third kappa shape index (κ3) is 3.84. The highest BCUT2D eigenvalue weighted by Gasteiger charge is 2.52. The zero-order valence-corrected chi connectivity index (χ0v) is 16.2. The molecule has 10 nitrogen and oxygen atoms in total. The Labute approximate surface area is 168 Å². The molecule has 1 aromatic rings. The Balaban J connectivity index is 1.27. The van der Waals surface area contributed by atoms with Crippen molar-refractivity contribution in [1.82, 2.24) is 25.6 Å². The van der Waals surface area contributed by atoms with Gasteiger partial charge in [0.05, 0.1) is 12.8 Å². The fourth-order valence-electron chi connectivity index (χ4n) is 4.24. The molecule has 0 radical (unpaired) electrons. The molecule has 0 unspecified atom stereocenters. The van der Waals surface area contributed by atoms with Crippen LogP contribution in [0.25, 0.3) is 0 Å². The van der Waals surface area contributed by atoms with Crippen molar-refractivity contribution in [3.8, 4) is 0 Å². The average Bonchev–Trinajstić information content (AvgIpc) is 3.33. The number of amides is 5. The first-order valence-corrected chi connectivity index (χ1v) is 10.00. The molecule has 0 aromatic carbocycles. The lowest BCUT2D eigenvalue weighted by atomic mass is 9.82. The molecule has 2 aliphatic heterocycles. The third-order valence-corrected chi connectivity index (χ3v) is 5.86. The van der Waals surface area contributed by atoms with E-state index >= 15 is 0 Å². The van der Waals surface area contributed by atoms with Crippen LogP contribution in [0, 0.1) is 0 Å². The van der Waals surface area contributed by atoms with Gasteiger partial charge in [0.15, 0.2) is 5.76 Å². The predicted molar refractivity (Wildman–Crippen MR) is 100 cm³/mol. The maximum absolute atomic E-state index is 12.7. The van der Waals surface area contributed by atoms with Crippen molar-refractivity contribution in [3.05, 3.63) is 24.2 Å². The summed E-state index contributed by atoms with van der Waals surface area (Å²) in [6.07, 6.45) is 5.49. The van der Waals surface area contributed by atoms with Gasteiger partial charge in [0, 0.05) is 26.2 Å². The largest absolute Gasteiger partial charge is 0.459 e. The van der Waals surface area contributed by atoms with Crippen LogP contribution < -0.4 is 10.7 Å². The molecular weight excluding hydrogens is 378 g/mol. The van der Waals surface area contributed by atoms with Gasteiger partial charge in [-0.25, -0.2) is 4.79 Å². The number of nitrogens with zero attached hydrogens (tertiary/aromatic N) is 3. The zero-order chi connectivity index (χ0) is 20.4. The number of nitrogens with one attached hydrogen (secondary N) is 2. The first kappa shape index (κ1) is 19.4. The van der Waals surface area contributed by atoms with Gasteiger partial charge >= 0.3 is 6.03 Å². The van der Waals surface area contributed by atoms with Gasteiger partial charge in [-0.05, 0) is 25.0 Å². The monoisotopic (exact) mass is 403 g/mol. The highest BCUT2D eigenvalue weighted by atomic mass is 16.3. The number of hydrogen-bond acceptors (Lipinski definition) is 6. The Bertz CT molecular complexity index is 794. The quantitative estimate of drug-likeness (QED) is 0.700. The molecule has 29 heavy (non-hydrogen) atoms. The molecular formula is C19H25N5O5. The molecule has 1 saturated carbocycles. The SMILES string of the molecule is O=C(CN1CCN(C(=O)c2ccco2)CC1)NN1C(=O)NC2(CCCCC2)C1=O. The number of carbonyl (C=O) groups excluding carboxylic acids is 4. The van der Waals surface area contributed by atoms with E-state index < -0.39 is 17.5 Å². The lowest BCUT2D eigenvalue weighted by Crippen LogP contribution is -2.55. The van der Waals surface area contributed by atoms with Crippen LogP contribution in [0.3, 0.4) is 0 Å². The normalized spacial score (nSPS) is 22.1. The predicted octanol–water partition coefficient (Wildman–Crippen LogP) is 0.323. The molecule has 156 valence electrons. The summed E-state index contributed by atoms with van der Waals surface area (Å²) < 4.78 is 5.14. The molecule has 10 heteroatoms. The topological polar surface area (TPSA) is 115 Å². The summed E-state index contributed by atoms with van der Waals surface area (Å²) >= 11 is 0. The minimum atomic E-state index is -0.861. The molecule has 3 aliphatic rings. The van der Waals surface area contributed by atoms with Crippen molar-refractivity contribution >= 4 is 23.8 Å². The van der Waals surface area contributed by atoms with Gasteiger partial charge < -0.3 is 14.6 Å². The lowest BCUT2D eigenvalue weighted by molar-refractivity contribution is -0.140. The van der Waals surface area contributed by atoms with E-state index in [1.165, 1.54) is 6.26 Å². The van der Waals surface area contributed by atoms with Crippen molar-refractivity contribution < 1.29 is 23.6 Å². The Morgan fingerprint density at radius 2 is 1.83 bits per heavy atom. The van der Waals surface area contributed by atoms with Crippen LogP contribution in [0.2, 0.25) is 0 Å². The molecule has 4 rings (SSSR count). The maximum atomic E-state index is 12.7. The Morgan fingerprint density at radius 1 is 1.10 bits per heavy atom. The van der Waals surface area contributed by atoms with Gasteiger partial charge in [-0.3, -0.25) is 24.7 Å². The van der Waals surface area contributed by atoms with E-state index in [0.717, 1.165) is 24.3 Å². The first-order chi connectivity index (χ1) is 14.0. The van der Waals surface area contributed by atoms with E-state index in [-0.39, 0.29) is 18.4 Å². The number of piperazine rings is 1. The molecule has 2 saturated heterocycles. The molecule has 0 atom stereocenters. The summed E-state index contributed by atoms with van der Waals surface area (Å²) in [5.74, 6) is -0.667. The number of imide groups is 1. The van der Waals surface area contributed by atoms with Crippen molar-refractivity contribution in [1.29, 1.82) is 0 Å². The van der Waals surface area contributed by atoms with Crippen molar-refractivity contribution in [2.24, 2.45) is 0 Å². The second-order valence-electron chi connectivity index (χ2n) is 7.79. The number of hydrogen-bond donors (Lipinski definition) is 2. The van der Waals surface area contributed by atoms with Gasteiger partial charge in [0.1, 0.15) is 5.54 Å². The highest BCUT2D eigenvalue weighted by Crippen LogP contribution is 2.32. The summed E-state index contributed by atoms with van der Waals surface area (Å²) in [6.45, 7) is 2.03. The van der Waals surface area contributed by atoms with Crippen LogP contribution in [0.1, 0.15) is 42.7 Å². The minimum Gasteiger partial charge on any atom is -0.459 e. The van der Waals surface area contributed by atoms with E-state index in [1.54, 1.807) is 17.0 Å². The van der Waals surface area contributed by atoms with Crippen LogP contribution in [-0.4, -0.2) is 76.8 Å². The van der Waals surface area contributed by atoms with Gasteiger partial charge in [0.2, 0.25) is 0 Å². The van der Waals surface area contributed by atoms with Crippen molar-refractivity contribution in [3.63, 3.8) is 0 Å². The molecule has 5 amide bonds. The molecule has 2 N–H and O–H groups in total. The van der Waals surface area contributed by atoms with E-state index in [0.29, 0.717) is 44.8 Å². The summed E-state index contributed by atoms with van der Waals surface area (Å²) in [5.41, 5.74) is 1.59. The standard InChI is InChI=1S/C19H25N5O5/c25-15(21-24-17(27)19(20-18(24)28)6-2-1-3-7-19)13-22-8-10-23(11-9-22)16(26)14-5-4-12-29-14/h4-5,12H,1-3,6-11,13H2,(H,20,28)(H,21,25). The van der Waals surface area contributed by atoms with Crippen LogP contribution >= 0.6 is 0 Å².